The van der Waals surface area contributed by atoms with Crippen molar-refractivity contribution in [2.45, 2.75) is 19.5 Å². The van der Waals surface area contributed by atoms with Crippen molar-refractivity contribution < 1.29 is 13.9 Å². The van der Waals surface area contributed by atoms with Crippen LogP contribution in [0.1, 0.15) is 11.1 Å². The normalized spacial score (nSPS) is 19.9. The fourth-order valence-electron chi connectivity index (χ4n) is 3.86. The minimum Gasteiger partial charge on any atom is -0.496 e. The van der Waals surface area contributed by atoms with E-state index in [1.807, 2.05) is 25.1 Å². The van der Waals surface area contributed by atoms with Gasteiger partial charge in [0.2, 0.25) is 0 Å². The first-order chi connectivity index (χ1) is 12.6. The number of nitrogens with one attached hydrogen (secondary N) is 1. The predicted molar refractivity (Wildman–Crippen MR) is 101 cm³/mol. The zero-order chi connectivity index (χ0) is 18.3. The third kappa shape index (κ3) is 2.94. The molecule has 0 spiro atoms. The summed E-state index contributed by atoms with van der Waals surface area (Å²) in [7, 11) is 1.58. The molecule has 0 aromatic heterocycles. The maximum atomic E-state index is 15.2. The van der Waals surface area contributed by atoms with Crippen molar-refractivity contribution in [2.75, 3.05) is 33.4 Å². The largest absolute Gasteiger partial charge is 0.496 e. The highest BCUT2D eigenvalue weighted by Gasteiger charge is 2.30. The van der Waals surface area contributed by atoms with E-state index in [1.54, 1.807) is 13.2 Å². The van der Waals surface area contributed by atoms with E-state index in [0.717, 1.165) is 30.8 Å². The van der Waals surface area contributed by atoms with Gasteiger partial charge < -0.3 is 14.8 Å². The summed E-state index contributed by atoms with van der Waals surface area (Å²) in [4.78, 5) is 2.33. The smallest absolute Gasteiger partial charge is 0.143 e. The van der Waals surface area contributed by atoms with Gasteiger partial charge in [-0.05, 0) is 24.6 Å². The van der Waals surface area contributed by atoms with Crippen LogP contribution in [0.3, 0.4) is 0 Å². The molecule has 1 fully saturated rings. The van der Waals surface area contributed by atoms with Crippen LogP contribution in [0.25, 0.3) is 11.1 Å². The number of halogens is 2. The molecule has 0 saturated carbocycles. The number of nitrogens with zero attached hydrogens (tertiary/aromatic N) is 1. The van der Waals surface area contributed by atoms with Crippen LogP contribution in [0.2, 0.25) is 5.02 Å². The molecular formula is C20H22ClFN2O2. The van der Waals surface area contributed by atoms with Gasteiger partial charge in [0.1, 0.15) is 23.9 Å². The Morgan fingerprint density at radius 1 is 1.35 bits per heavy atom. The summed E-state index contributed by atoms with van der Waals surface area (Å²) in [6.45, 7) is 5.82. The third-order valence-electron chi connectivity index (χ3n) is 5.22. The Balaban J connectivity index is 1.84. The summed E-state index contributed by atoms with van der Waals surface area (Å²) in [5.41, 5.74) is 2.72. The molecule has 4 nitrogen and oxygen atoms in total. The topological polar surface area (TPSA) is 33.7 Å². The van der Waals surface area contributed by atoms with Crippen molar-refractivity contribution in [1.82, 2.24) is 10.2 Å². The zero-order valence-electron chi connectivity index (χ0n) is 14.9. The monoisotopic (exact) mass is 376 g/mol. The van der Waals surface area contributed by atoms with Gasteiger partial charge in [0.25, 0.3) is 0 Å². The summed E-state index contributed by atoms with van der Waals surface area (Å²) < 4.78 is 26.7. The van der Waals surface area contributed by atoms with Gasteiger partial charge in [-0.2, -0.15) is 0 Å². The van der Waals surface area contributed by atoms with Crippen molar-refractivity contribution in [3.8, 4) is 22.6 Å². The second-order valence-electron chi connectivity index (χ2n) is 6.83. The van der Waals surface area contributed by atoms with E-state index in [4.69, 9.17) is 21.1 Å². The number of benzene rings is 2. The Bertz CT molecular complexity index is 843. The number of rotatable bonds is 2. The van der Waals surface area contributed by atoms with Crippen LogP contribution in [-0.4, -0.2) is 44.3 Å². The van der Waals surface area contributed by atoms with Crippen molar-refractivity contribution in [2.24, 2.45) is 0 Å². The first kappa shape index (κ1) is 17.6. The van der Waals surface area contributed by atoms with E-state index in [1.165, 1.54) is 0 Å². The maximum Gasteiger partial charge on any atom is 0.143 e. The molecule has 0 amide bonds. The first-order valence-electron chi connectivity index (χ1n) is 8.82. The van der Waals surface area contributed by atoms with Gasteiger partial charge in [-0.3, -0.25) is 4.90 Å². The molecule has 0 aliphatic carbocycles. The van der Waals surface area contributed by atoms with Crippen LogP contribution in [0.15, 0.2) is 24.3 Å². The molecule has 2 heterocycles. The molecule has 1 N–H and O–H groups in total. The molecule has 1 saturated heterocycles. The fourth-order valence-corrected chi connectivity index (χ4v) is 4.22. The molecule has 6 heteroatoms. The molecule has 2 aliphatic rings. The summed E-state index contributed by atoms with van der Waals surface area (Å²) in [6, 6.07) is 7.45. The molecule has 2 aromatic rings. The molecule has 1 atom stereocenters. The summed E-state index contributed by atoms with van der Waals surface area (Å²) in [6.07, 6.45) is 0. The standard InChI is InChI=1S/C20H22ClFN2O2/c1-12-4-3-5-16(25-2)17(12)18-15(22)8-13-10-24-7-6-23-9-14(24)11-26-20(13)19(18)21/h3-5,8,14,23H,6-7,9-11H2,1-2H3/t14-/m1/s1. The van der Waals surface area contributed by atoms with E-state index >= 15 is 4.39 Å². The summed E-state index contributed by atoms with van der Waals surface area (Å²) in [5.74, 6) is 0.835. The zero-order valence-corrected chi connectivity index (χ0v) is 15.7. The summed E-state index contributed by atoms with van der Waals surface area (Å²) in [5, 5.41) is 3.70. The van der Waals surface area contributed by atoms with Gasteiger partial charge in [0.15, 0.2) is 0 Å². The number of hydrogen-bond acceptors (Lipinski definition) is 4. The highest BCUT2D eigenvalue weighted by molar-refractivity contribution is 6.35. The average molecular weight is 377 g/mol. The quantitative estimate of drug-likeness (QED) is 0.867. The Morgan fingerprint density at radius 3 is 3.00 bits per heavy atom. The number of piperazine rings is 1. The van der Waals surface area contributed by atoms with Crippen LogP contribution >= 0.6 is 11.6 Å². The molecule has 138 valence electrons. The van der Waals surface area contributed by atoms with Crippen molar-refractivity contribution in [3.05, 3.63) is 46.2 Å². The lowest BCUT2D eigenvalue weighted by atomic mass is 9.96. The second-order valence-corrected chi connectivity index (χ2v) is 7.21. The van der Waals surface area contributed by atoms with Gasteiger partial charge in [0.05, 0.1) is 18.2 Å². The van der Waals surface area contributed by atoms with E-state index in [0.29, 0.717) is 40.8 Å². The Kier molecular flexibility index (Phi) is 4.78. The van der Waals surface area contributed by atoms with Gasteiger partial charge in [-0.25, -0.2) is 4.39 Å². The lowest BCUT2D eigenvalue weighted by Crippen LogP contribution is -2.52. The van der Waals surface area contributed by atoms with Crippen molar-refractivity contribution in [3.63, 3.8) is 0 Å². The molecular weight excluding hydrogens is 355 g/mol. The Labute approximate surface area is 157 Å². The average Bonchev–Trinajstić information content (AvgIpc) is 2.82. The molecule has 0 unspecified atom stereocenters. The molecule has 26 heavy (non-hydrogen) atoms. The van der Waals surface area contributed by atoms with Crippen molar-refractivity contribution >= 4 is 11.6 Å². The minimum atomic E-state index is -0.349. The Hall–Kier alpha value is -1.82. The maximum absolute atomic E-state index is 15.2. The van der Waals surface area contributed by atoms with Crippen LogP contribution in [0.4, 0.5) is 4.39 Å². The molecule has 0 bridgehead atoms. The lowest BCUT2D eigenvalue weighted by Gasteiger charge is -2.33. The lowest BCUT2D eigenvalue weighted by molar-refractivity contribution is 0.120. The highest BCUT2D eigenvalue weighted by Crippen LogP contribution is 2.45. The van der Waals surface area contributed by atoms with Crippen molar-refractivity contribution in [1.29, 1.82) is 0 Å². The van der Waals surface area contributed by atoms with Crippen LogP contribution in [0.5, 0.6) is 11.5 Å². The fraction of sp³-hybridized carbons (Fsp3) is 0.400. The number of ether oxygens (including phenoxy) is 2. The van der Waals surface area contributed by atoms with E-state index in [9.17, 15) is 0 Å². The summed E-state index contributed by atoms with van der Waals surface area (Å²) >= 11 is 6.68. The van der Waals surface area contributed by atoms with E-state index in [-0.39, 0.29) is 11.9 Å². The molecule has 0 radical (unpaired) electrons. The van der Waals surface area contributed by atoms with Gasteiger partial charge in [-0.1, -0.05) is 23.7 Å². The van der Waals surface area contributed by atoms with Gasteiger partial charge >= 0.3 is 0 Å². The van der Waals surface area contributed by atoms with Gasteiger partial charge in [-0.15, -0.1) is 0 Å². The van der Waals surface area contributed by atoms with E-state index < -0.39 is 0 Å². The van der Waals surface area contributed by atoms with Crippen LogP contribution < -0.4 is 14.8 Å². The second kappa shape index (κ2) is 7.06. The number of hydrogen-bond donors (Lipinski definition) is 1. The SMILES string of the molecule is COc1cccc(C)c1-c1c(F)cc2c(c1Cl)OC[C@H]1CNCCN1C2. The number of aryl methyl sites for hydroxylation is 1. The van der Waals surface area contributed by atoms with E-state index in [2.05, 4.69) is 10.2 Å². The highest BCUT2D eigenvalue weighted by atomic mass is 35.5. The molecule has 2 aliphatic heterocycles. The minimum absolute atomic E-state index is 0.270. The van der Waals surface area contributed by atoms with Crippen LogP contribution in [0, 0.1) is 12.7 Å². The molecule has 4 rings (SSSR count). The first-order valence-corrected chi connectivity index (χ1v) is 9.20. The molecule has 2 aromatic carbocycles. The Morgan fingerprint density at radius 2 is 2.19 bits per heavy atom. The number of fused-ring (bicyclic) bond motifs is 2. The third-order valence-corrected chi connectivity index (χ3v) is 5.58. The van der Waals surface area contributed by atoms with Crippen LogP contribution in [-0.2, 0) is 6.54 Å². The predicted octanol–water partition coefficient (Wildman–Crippen LogP) is 3.63. The van der Waals surface area contributed by atoms with Gasteiger partial charge in [0, 0.05) is 42.9 Å². The number of methoxy groups -OCH3 is 1.